The van der Waals surface area contributed by atoms with Gasteiger partial charge in [-0.15, -0.1) is 0 Å². The fourth-order valence-electron chi connectivity index (χ4n) is 1.06. The number of aromatic nitrogens is 2. The summed E-state index contributed by atoms with van der Waals surface area (Å²) in [6, 6.07) is 0. The van der Waals surface area contributed by atoms with Crippen LogP contribution in [0.25, 0.3) is 0 Å². The van der Waals surface area contributed by atoms with Crippen LogP contribution in [0.1, 0.15) is 12.8 Å². The van der Waals surface area contributed by atoms with Crippen LogP contribution < -0.4 is 11.3 Å². The van der Waals surface area contributed by atoms with Crippen LogP contribution >= 0.6 is 0 Å². The minimum Gasteiger partial charge on any atom is -0.358 e. The van der Waals surface area contributed by atoms with Crippen molar-refractivity contribution >= 4 is 11.7 Å². The molecule has 0 fully saturated rings. The quantitative estimate of drug-likeness (QED) is 0.297. The SMILES string of the molecule is NNC(=O)CCCn1cnc([N+](=O)[O-])c1. The predicted molar refractivity (Wildman–Crippen MR) is 50.4 cm³/mol. The maximum Gasteiger partial charge on any atom is 0.381 e. The zero-order valence-corrected chi connectivity index (χ0v) is 7.92. The number of aryl methyl sites for hydroxylation is 1. The Hall–Kier alpha value is -1.96. The van der Waals surface area contributed by atoms with Crippen LogP contribution in [0.2, 0.25) is 0 Å². The van der Waals surface area contributed by atoms with Crippen LogP contribution in [0.5, 0.6) is 0 Å². The van der Waals surface area contributed by atoms with E-state index in [1.54, 1.807) is 4.57 Å². The first-order valence-electron chi connectivity index (χ1n) is 4.29. The number of hydrogen-bond donors (Lipinski definition) is 2. The second-order valence-electron chi connectivity index (χ2n) is 2.90. The van der Waals surface area contributed by atoms with E-state index in [1.807, 2.05) is 5.43 Å². The number of amides is 1. The van der Waals surface area contributed by atoms with Gasteiger partial charge in [-0.2, -0.15) is 0 Å². The van der Waals surface area contributed by atoms with E-state index in [4.69, 9.17) is 5.84 Å². The predicted octanol–water partition coefficient (Wildman–Crippen LogP) is -0.439. The van der Waals surface area contributed by atoms with Gasteiger partial charge < -0.3 is 14.7 Å². The van der Waals surface area contributed by atoms with E-state index in [0.29, 0.717) is 13.0 Å². The molecular weight excluding hydrogens is 202 g/mol. The highest BCUT2D eigenvalue weighted by Gasteiger charge is 2.09. The minimum absolute atomic E-state index is 0.196. The van der Waals surface area contributed by atoms with Gasteiger partial charge in [-0.3, -0.25) is 10.2 Å². The molecule has 0 radical (unpaired) electrons. The van der Waals surface area contributed by atoms with Gasteiger partial charge in [0.2, 0.25) is 12.2 Å². The highest BCUT2D eigenvalue weighted by Crippen LogP contribution is 2.06. The van der Waals surface area contributed by atoms with Crippen LogP contribution in [0, 0.1) is 10.1 Å². The van der Waals surface area contributed by atoms with Gasteiger partial charge in [-0.1, -0.05) is 0 Å². The van der Waals surface area contributed by atoms with E-state index >= 15 is 0 Å². The van der Waals surface area contributed by atoms with Crippen molar-refractivity contribution in [3.8, 4) is 0 Å². The van der Waals surface area contributed by atoms with Crippen molar-refractivity contribution in [1.29, 1.82) is 0 Å². The standard InChI is InChI=1S/C7H11N5O3/c8-10-7(13)2-1-3-11-4-6(9-5-11)12(14)15/h4-5H,1-3,8H2,(H,10,13). The van der Waals surface area contributed by atoms with Crippen molar-refractivity contribution in [1.82, 2.24) is 15.0 Å². The van der Waals surface area contributed by atoms with Crippen LogP contribution in [0.4, 0.5) is 5.82 Å². The average molecular weight is 213 g/mol. The Morgan fingerprint density at radius 1 is 1.73 bits per heavy atom. The van der Waals surface area contributed by atoms with Crippen LogP contribution in [-0.2, 0) is 11.3 Å². The molecule has 0 aromatic carbocycles. The monoisotopic (exact) mass is 213 g/mol. The molecule has 1 aromatic rings. The lowest BCUT2D eigenvalue weighted by molar-refractivity contribution is -0.389. The zero-order valence-electron chi connectivity index (χ0n) is 7.92. The molecular formula is C7H11N5O3. The normalized spacial score (nSPS) is 9.93. The maximum atomic E-state index is 10.7. The lowest BCUT2D eigenvalue weighted by Crippen LogP contribution is -2.29. The van der Waals surface area contributed by atoms with Gasteiger partial charge >= 0.3 is 5.82 Å². The van der Waals surface area contributed by atoms with Gasteiger partial charge in [0.05, 0.1) is 0 Å². The van der Waals surface area contributed by atoms with Crippen LogP contribution in [-0.4, -0.2) is 20.4 Å². The van der Waals surface area contributed by atoms with Gasteiger partial charge in [0.15, 0.2) is 0 Å². The topological polar surface area (TPSA) is 116 Å². The molecule has 0 saturated carbocycles. The molecule has 0 bridgehead atoms. The Morgan fingerprint density at radius 3 is 3.00 bits per heavy atom. The molecule has 8 nitrogen and oxygen atoms in total. The first kappa shape index (κ1) is 11.1. The smallest absolute Gasteiger partial charge is 0.358 e. The van der Waals surface area contributed by atoms with Crippen molar-refractivity contribution in [2.24, 2.45) is 5.84 Å². The zero-order chi connectivity index (χ0) is 11.3. The summed E-state index contributed by atoms with van der Waals surface area (Å²) in [6.45, 7) is 0.494. The summed E-state index contributed by atoms with van der Waals surface area (Å²) in [5.41, 5.74) is 2.00. The molecule has 0 aliphatic heterocycles. The highest BCUT2D eigenvalue weighted by molar-refractivity contribution is 5.74. The molecule has 0 spiro atoms. The number of hydrazine groups is 1. The van der Waals surface area contributed by atoms with Crippen molar-refractivity contribution < 1.29 is 9.72 Å². The molecule has 0 saturated heterocycles. The van der Waals surface area contributed by atoms with Gasteiger partial charge in [0.25, 0.3) is 0 Å². The molecule has 1 amide bonds. The molecule has 1 aromatic heterocycles. The highest BCUT2D eigenvalue weighted by atomic mass is 16.6. The first-order valence-corrected chi connectivity index (χ1v) is 4.29. The average Bonchev–Trinajstić information content (AvgIpc) is 2.66. The third kappa shape index (κ3) is 3.35. The lowest BCUT2D eigenvalue weighted by atomic mass is 10.3. The van der Waals surface area contributed by atoms with E-state index < -0.39 is 4.92 Å². The first-order chi connectivity index (χ1) is 7.13. The third-order valence-corrected chi connectivity index (χ3v) is 1.79. The fourth-order valence-corrected chi connectivity index (χ4v) is 1.06. The van der Waals surface area contributed by atoms with E-state index in [-0.39, 0.29) is 18.1 Å². The summed E-state index contributed by atoms with van der Waals surface area (Å²) in [4.78, 5) is 24.0. The largest absolute Gasteiger partial charge is 0.381 e. The molecule has 0 atom stereocenters. The van der Waals surface area contributed by atoms with E-state index in [9.17, 15) is 14.9 Å². The van der Waals surface area contributed by atoms with Crippen LogP contribution in [0.3, 0.4) is 0 Å². The second-order valence-corrected chi connectivity index (χ2v) is 2.90. The molecule has 1 heterocycles. The Balaban J connectivity index is 2.38. The number of imidazole rings is 1. The lowest BCUT2D eigenvalue weighted by Gasteiger charge is -1.99. The summed E-state index contributed by atoms with van der Waals surface area (Å²) < 4.78 is 1.56. The number of carbonyl (C=O) groups is 1. The van der Waals surface area contributed by atoms with Gasteiger partial charge in [-0.25, -0.2) is 5.84 Å². The molecule has 82 valence electrons. The number of nitrogens with zero attached hydrogens (tertiary/aromatic N) is 3. The van der Waals surface area contributed by atoms with Gasteiger partial charge in [0, 0.05) is 13.0 Å². The third-order valence-electron chi connectivity index (χ3n) is 1.79. The number of nitro groups is 1. The van der Waals surface area contributed by atoms with Crippen LogP contribution in [0.15, 0.2) is 12.5 Å². The number of hydrogen-bond acceptors (Lipinski definition) is 5. The maximum absolute atomic E-state index is 10.7. The molecule has 0 aliphatic rings. The number of nitrogens with two attached hydrogens (primary N) is 1. The molecule has 15 heavy (non-hydrogen) atoms. The molecule has 0 unspecified atom stereocenters. The van der Waals surface area contributed by atoms with Gasteiger partial charge in [-0.05, 0) is 16.3 Å². The summed E-state index contributed by atoms with van der Waals surface area (Å²) in [6.07, 6.45) is 3.51. The van der Waals surface area contributed by atoms with E-state index in [1.165, 1.54) is 12.5 Å². The number of nitrogens with one attached hydrogen (secondary N) is 1. The summed E-state index contributed by atoms with van der Waals surface area (Å²) in [5, 5.41) is 10.3. The molecule has 0 aliphatic carbocycles. The van der Waals surface area contributed by atoms with E-state index in [2.05, 4.69) is 4.98 Å². The summed E-state index contributed by atoms with van der Waals surface area (Å²) in [7, 11) is 0. The number of carbonyl (C=O) groups excluding carboxylic acids is 1. The molecule has 3 N–H and O–H groups in total. The van der Waals surface area contributed by atoms with Crippen molar-refractivity contribution in [2.45, 2.75) is 19.4 Å². The van der Waals surface area contributed by atoms with E-state index in [0.717, 1.165) is 0 Å². The van der Waals surface area contributed by atoms with Crippen molar-refractivity contribution in [3.63, 3.8) is 0 Å². The summed E-state index contributed by atoms with van der Waals surface area (Å²) in [5.74, 6) is 4.43. The second kappa shape index (κ2) is 5.05. The Kier molecular flexibility index (Phi) is 3.75. The number of rotatable bonds is 5. The van der Waals surface area contributed by atoms with Crippen molar-refractivity contribution in [3.05, 3.63) is 22.6 Å². The fraction of sp³-hybridized carbons (Fsp3) is 0.429. The Bertz CT molecular complexity index is 361. The Morgan fingerprint density at radius 2 is 2.47 bits per heavy atom. The molecule has 1 rings (SSSR count). The van der Waals surface area contributed by atoms with Crippen molar-refractivity contribution in [2.75, 3.05) is 0 Å². The Labute approximate surface area is 85.2 Å². The van der Waals surface area contributed by atoms with Gasteiger partial charge in [0.1, 0.15) is 6.20 Å². The summed E-state index contributed by atoms with van der Waals surface area (Å²) >= 11 is 0. The minimum atomic E-state index is -0.566. The molecule has 8 heteroatoms.